The summed E-state index contributed by atoms with van der Waals surface area (Å²) in [5, 5.41) is 12.7. The standard InChI is InChI=1S/C9H16N2O2/c1-8(12)4-6-11(2)7-9-3-5-10-13-9/h3,5,8,12H,4,6-7H2,1-2H3. The summed E-state index contributed by atoms with van der Waals surface area (Å²) in [5.41, 5.74) is 0. The summed E-state index contributed by atoms with van der Waals surface area (Å²) in [5.74, 6) is 0.855. The van der Waals surface area contributed by atoms with Gasteiger partial charge in [-0.2, -0.15) is 0 Å². The molecule has 0 radical (unpaired) electrons. The maximum atomic E-state index is 9.06. The van der Waals surface area contributed by atoms with E-state index in [1.54, 1.807) is 13.1 Å². The van der Waals surface area contributed by atoms with Crippen LogP contribution < -0.4 is 0 Å². The molecule has 1 rings (SSSR count). The van der Waals surface area contributed by atoms with Crippen LogP contribution in [0.1, 0.15) is 19.1 Å². The third-order valence-electron chi connectivity index (χ3n) is 1.85. The minimum Gasteiger partial charge on any atom is -0.393 e. The molecule has 0 aliphatic rings. The molecule has 0 amide bonds. The second-order valence-corrected chi connectivity index (χ2v) is 3.35. The van der Waals surface area contributed by atoms with Crippen LogP contribution in [0.3, 0.4) is 0 Å². The highest BCUT2D eigenvalue weighted by Gasteiger charge is 2.04. The SMILES string of the molecule is CC(O)CCN(C)Cc1ccno1. The summed E-state index contributed by atoms with van der Waals surface area (Å²) >= 11 is 0. The van der Waals surface area contributed by atoms with Crippen molar-refractivity contribution in [2.24, 2.45) is 0 Å². The Morgan fingerprint density at radius 3 is 3.00 bits per heavy atom. The lowest BCUT2D eigenvalue weighted by atomic mass is 10.3. The molecule has 0 saturated heterocycles. The van der Waals surface area contributed by atoms with E-state index in [-0.39, 0.29) is 6.10 Å². The van der Waals surface area contributed by atoms with Crippen molar-refractivity contribution in [1.29, 1.82) is 0 Å². The van der Waals surface area contributed by atoms with Crippen LogP contribution in [-0.4, -0.2) is 34.9 Å². The van der Waals surface area contributed by atoms with Gasteiger partial charge in [0.25, 0.3) is 0 Å². The van der Waals surface area contributed by atoms with Crippen molar-refractivity contribution >= 4 is 0 Å². The van der Waals surface area contributed by atoms with E-state index < -0.39 is 0 Å². The summed E-state index contributed by atoms with van der Waals surface area (Å²) in [6.45, 7) is 3.40. The molecule has 0 spiro atoms. The normalized spacial score (nSPS) is 13.5. The fraction of sp³-hybridized carbons (Fsp3) is 0.667. The molecule has 1 aromatic rings. The molecule has 1 unspecified atom stereocenters. The molecule has 4 heteroatoms. The summed E-state index contributed by atoms with van der Waals surface area (Å²) in [6.07, 6.45) is 2.18. The number of hydrogen-bond acceptors (Lipinski definition) is 4. The van der Waals surface area contributed by atoms with Gasteiger partial charge in [0.2, 0.25) is 0 Å². The van der Waals surface area contributed by atoms with Gasteiger partial charge in [0.05, 0.1) is 18.8 Å². The van der Waals surface area contributed by atoms with E-state index in [9.17, 15) is 0 Å². The number of nitrogens with zero attached hydrogens (tertiary/aromatic N) is 2. The minimum atomic E-state index is -0.239. The van der Waals surface area contributed by atoms with E-state index >= 15 is 0 Å². The average molecular weight is 184 g/mol. The van der Waals surface area contributed by atoms with Crippen molar-refractivity contribution in [3.05, 3.63) is 18.0 Å². The fourth-order valence-electron chi connectivity index (χ4n) is 1.08. The van der Waals surface area contributed by atoms with Gasteiger partial charge in [0.1, 0.15) is 0 Å². The highest BCUT2D eigenvalue weighted by molar-refractivity contribution is 4.92. The Labute approximate surface area is 78.1 Å². The first-order valence-electron chi connectivity index (χ1n) is 4.44. The zero-order valence-corrected chi connectivity index (χ0v) is 8.10. The van der Waals surface area contributed by atoms with Gasteiger partial charge in [-0.1, -0.05) is 5.16 Å². The summed E-state index contributed by atoms with van der Waals surface area (Å²) in [7, 11) is 1.99. The van der Waals surface area contributed by atoms with Crippen LogP contribution in [0.25, 0.3) is 0 Å². The molecule has 74 valence electrons. The highest BCUT2D eigenvalue weighted by Crippen LogP contribution is 2.02. The molecular formula is C9H16N2O2. The molecular weight excluding hydrogens is 168 g/mol. The van der Waals surface area contributed by atoms with Crippen molar-refractivity contribution in [3.8, 4) is 0 Å². The van der Waals surface area contributed by atoms with E-state index in [4.69, 9.17) is 9.63 Å². The lowest BCUT2D eigenvalue weighted by Gasteiger charge is -2.15. The van der Waals surface area contributed by atoms with Gasteiger partial charge in [-0.25, -0.2) is 0 Å². The molecule has 0 aliphatic carbocycles. The Morgan fingerprint density at radius 2 is 2.46 bits per heavy atom. The van der Waals surface area contributed by atoms with Crippen LogP contribution >= 0.6 is 0 Å². The molecule has 4 nitrogen and oxygen atoms in total. The van der Waals surface area contributed by atoms with Gasteiger partial charge in [-0.3, -0.25) is 4.90 Å². The lowest BCUT2D eigenvalue weighted by Crippen LogP contribution is -2.21. The number of aliphatic hydroxyl groups is 1. The number of rotatable bonds is 5. The molecule has 1 N–H and O–H groups in total. The number of aromatic nitrogens is 1. The van der Waals surface area contributed by atoms with E-state index in [0.29, 0.717) is 0 Å². The molecule has 13 heavy (non-hydrogen) atoms. The molecule has 0 bridgehead atoms. The Morgan fingerprint density at radius 1 is 1.69 bits per heavy atom. The average Bonchev–Trinajstić information content (AvgIpc) is 2.53. The maximum Gasteiger partial charge on any atom is 0.150 e. The monoisotopic (exact) mass is 184 g/mol. The van der Waals surface area contributed by atoms with Crippen molar-refractivity contribution in [2.75, 3.05) is 13.6 Å². The van der Waals surface area contributed by atoms with Crippen molar-refractivity contribution in [2.45, 2.75) is 26.0 Å². The zero-order valence-electron chi connectivity index (χ0n) is 8.10. The summed E-state index contributed by atoms with van der Waals surface area (Å²) in [6, 6.07) is 1.85. The van der Waals surface area contributed by atoms with Gasteiger partial charge in [-0.05, 0) is 20.4 Å². The maximum absolute atomic E-state index is 9.06. The van der Waals surface area contributed by atoms with E-state index in [2.05, 4.69) is 10.1 Å². The van der Waals surface area contributed by atoms with Crippen LogP contribution in [0.4, 0.5) is 0 Å². The second kappa shape index (κ2) is 4.99. The fourth-order valence-corrected chi connectivity index (χ4v) is 1.08. The van der Waals surface area contributed by atoms with Crippen LogP contribution in [-0.2, 0) is 6.54 Å². The van der Waals surface area contributed by atoms with Gasteiger partial charge in [0.15, 0.2) is 5.76 Å². The first kappa shape index (κ1) is 10.2. The summed E-state index contributed by atoms with van der Waals surface area (Å²) < 4.78 is 4.96. The lowest BCUT2D eigenvalue weighted by molar-refractivity contribution is 0.159. The van der Waals surface area contributed by atoms with Crippen molar-refractivity contribution < 1.29 is 9.63 Å². The van der Waals surface area contributed by atoms with Crippen molar-refractivity contribution in [3.63, 3.8) is 0 Å². The first-order chi connectivity index (χ1) is 6.18. The third-order valence-corrected chi connectivity index (χ3v) is 1.85. The highest BCUT2D eigenvalue weighted by atomic mass is 16.5. The smallest absolute Gasteiger partial charge is 0.150 e. The largest absolute Gasteiger partial charge is 0.393 e. The number of hydrogen-bond donors (Lipinski definition) is 1. The first-order valence-corrected chi connectivity index (χ1v) is 4.44. The molecule has 0 saturated carbocycles. The predicted molar refractivity (Wildman–Crippen MR) is 49.1 cm³/mol. The quantitative estimate of drug-likeness (QED) is 0.738. The zero-order chi connectivity index (χ0) is 9.68. The van der Waals surface area contributed by atoms with Crippen LogP contribution in [0.5, 0.6) is 0 Å². The van der Waals surface area contributed by atoms with Gasteiger partial charge < -0.3 is 9.63 Å². The Kier molecular flexibility index (Phi) is 3.92. The Balaban J connectivity index is 2.22. The molecule has 1 atom stereocenters. The third kappa shape index (κ3) is 4.05. The molecule has 0 aromatic carbocycles. The van der Waals surface area contributed by atoms with E-state index in [1.165, 1.54) is 0 Å². The van der Waals surface area contributed by atoms with E-state index in [0.717, 1.165) is 25.3 Å². The molecule has 0 aliphatic heterocycles. The van der Waals surface area contributed by atoms with Gasteiger partial charge >= 0.3 is 0 Å². The predicted octanol–water partition coefficient (Wildman–Crippen LogP) is 0.877. The number of aliphatic hydroxyl groups excluding tert-OH is 1. The topological polar surface area (TPSA) is 49.5 Å². The van der Waals surface area contributed by atoms with Crippen LogP contribution in [0, 0.1) is 0 Å². The molecule has 1 heterocycles. The Bertz CT molecular complexity index is 222. The van der Waals surface area contributed by atoms with Crippen LogP contribution in [0.15, 0.2) is 16.8 Å². The Hall–Kier alpha value is -0.870. The second-order valence-electron chi connectivity index (χ2n) is 3.35. The summed E-state index contributed by atoms with van der Waals surface area (Å²) in [4.78, 5) is 2.09. The molecule has 1 aromatic heterocycles. The minimum absolute atomic E-state index is 0.239. The van der Waals surface area contributed by atoms with Crippen molar-refractivity contribution in [1.82, 2.24) is 10.1 Å². The van der Waals surface area contributed by atoms with E-state index in [1.807, 2.05) is 13.1 Å². The molecule has 0 fully saturated rings. The van der Waals surface area contributed by atoms with Gasteiger partial charge in [-0.15, -0.1) is 0 Å². The van der Waals surface area contributed by atoms with Gasteiger partial charge in [0, 0.05) is 12.6 Å². The van der Waals surface area contributed by atoms with Crippen LogP contribution in [0.2, 0.25) is 0 Å².